The Morgan fingerprint density at radius 1 is 1.18 bits per heavy atom. The molecule has 1 aliphatic heterocycles. The van der Waals surface area contributed by atoms with Crippen molar-refractivity contribution in [3.8, 4) is 5.75 Å². The lowest BCUT2D eigenvalue weighted by atomic mass is 10.1. The van der Waals surface area contributed by atoms with Gasteiger partial charge in [-0.05, 0) is 66.6 Å². The number of nitrogens with zero attached hydrogens (tertiary/aromatic N) is 2. The number of rotatable bonds is 6. The van der Waals surface area contributed by atoms with Crippen LogP contribution >= 0.6 is 11.6 Å². The van der Waals surface area contributed by atoms with Gasteiger partial charge in [0.1, 0.15) is 5.75 Å². The summed E-state index contributed by atoms with van der Waals surface area (Å²) < 4.78 is 5.74. The highest BCUT2D eigenvalue weighted by atomic mass is 35.5. The molecule has 0 bridgehead atoms. The minimum absolute atomic E-state index is 0.0240. The highest BCUT2D eigenvalue weighted by Gasteiger charge is 2.31. The Labute approximate surface area is 200 Å². The van der Waals surface area contributed by atoms with Crippen molar-refractivity contribution in [2.75, 3.05) is 10.2 Å². The molecule has 1 aliphatic rings. The number of non-ortho nitro benzene ring substituents is 1. The first kappa shape index (κ1) is 23.0. The van der Waals surface area contributed by atoms with Crippen LogP contribution in [0.4, 0.5) is 17.1 Å². The van der Waals surface area contributed by atoms with Gasteiger partial charge < -0.3 is 15.0 Å². The lowest BCUT2D eigenvalue weighted by molar-refractivity contribution is -0.384. The summed E-state index contributed by atoms with van der Waals surface area (Å²) in [5.74, 6) is -0.0568. The number of nitrogens with one attached hydrogen (secondary N) is 1. The van der Waals surface area contributed by atoms with Gasteiger partial charge in [0.25, 0.3) is 11.6 Å². The number of halogens is 1. The molecule has 0 saturated carbocycles. The maximum absolute atomic E-state index is 12.9. The maximum atomic E-state index is 12.9. The highest BCUT2D eigenvalue weighted by Crippen LogP contribution is 2.37. The van der Waals surface area contributed by atoms with E-state index in [1.165, 1.54) is 18.2 Å². The number of carbonyl (C=O) groups is 2. The second-order valence-electron chi connectivity index (χ2n) is 7.67. The standard InChI is InChI=1S/C25H20ClN3O5/c1-16-25(31)28(15-18-3-2-4-19(26)13-18)22-14-20(8-11-23(22)34-16)27-24(30)12-7-17-5-9-21(10-6-17)29(32)33/h2-14,16H,15H2,1H3,(H,27,30)/b12-7+. The van der Waals surface area contributed by atoms with E-state index in [0.717, 1.165) is 5.56 Å². The van der Waals surface area contributed by atoms with Gasteiger partial charge >= 0.3 is 0 Å². The Hall–Kier alpha value is -4.17. The lowest BCUT2D eigenvalue weighted by Crippen LogP contribution is -2.44. The largest absolute Gasteiger partial charge is 0.479 e. The average Bonchev–Trinajstić information content (AvgIpc) is 2.81. The molecule has 8 nitrogen and oxygen atoms in total. The monoisotopic (exact) mass is 477 g/mol. The van der Waals surface area contributed by atoms with Gasteiger partial charge in [-0.2, -0.15) is 0 Å². The van der Waals surface area contributed by atoms with E-state index in [0.29, 0.717) is 34.3 Å². The molecule has 0 fully saturated rings. The van der Waals surface area contributed by atoms with Gasteiger partial charge in [-0.25, -0.2) is 0 Å². The van der Waals surface area contributed by atoms with E-state index >= 15 is 0 Å². The first-order valence-electron chi connectivity index (χ1n) is 10.4. The van der Waals surface area contributed by atoms with E-state index in [4.69, 9.17) is 16.3 Å². The number of amides is 2. The van der Waals surface area contributed by atoms with Crippen molar-refractivity contribution >= 4 is 46.6 Å². The fourth-order valence-corrected chi connectivity index (χ4v) is 3.74. The molecule has 1 heterocycles. The zero-order valence-corrected chi connectivity index (χ0v) is 18.9. The van der Waals surface area contributed by atoms with Crippen LogP contribution in [0.2, 0.25) is 5.02 Å². The Morgan fingerprint density at radius 3 is 2.65 bits per heavy atom. The summed E-state index contributed by atoms with van der Waals surface area (Å²) in [7, 11) is 0. The molecular formula is C25H20ClN3O5. The van der Waals surface area contributed by atoms with Crippen molar-refractivity contribution in [3.05, 3.63) is 99.1 Å². The third-order valence-electron chi connectivity index (χ3n) is 5.20. The van der Waals surface area contributed by atoms with Crippen molar-refractivity contribution < 1.29 is 19.2 Å². The van der Waals surface area contributed by atoms with E-state index < -0.39 is 16.9 Å². The van der Waals surface area contributed by atoms with Gasteiger partial charge in [0.15, 0.2) is 6.10 Å². The molecule has 2 amide bonds. The minimum Gasteiger partial charge on any atom is -0.479 e. The quantitative estimate of drug-likeness (QED) is 0.298. The van der Waals surface area contributed by atoms with Gasteiger partial charge in [0.05, 0.1) is 17.2 Å². The van der Waals surface area contributed by atoms with Gasteiger partial charge in [-0.1, -0.05) is 23.7 Å². The zero-order valence-electron chi connectivity index (χ0n) is 18.1. The van der Waals surface area contributed by atoms with E-state index in [2.05, 4.69) is 5.32 Å². The van der Waals surface area contributed by atoms with Crippen LogP contribution in [-0.4, -0.2) is 22.8 Å². The number of hydrogen-bond acceptors (Lipinski definition) is 5. The molecule has 0 saturated heterocycles. The highest BCUT2D eigenvalue weighted by molar-refractivity contribution is 6.30. The third-order valence-corrected chi connectivity index (χ3v) is 5.43. The number of fused-ring (bicyclic) bond motifs is 1. The second kappa shape index (κ2) is 9.76. The first-order chi connectivity index (χ1) is 16.3. The molecule has 34 heavy (non-hydrogen) atoms. The number of nitro groups is 1. The molecule has 172 valence electrons. The molecule has 1 N–H and O–H groups in total. The van der Waals surface area contributed by atoms with Crippen LogP contribution in [0.3, 0.4) is 0 Å². The van der Waals surface area contributed by atoms with Gasteiger partial charge in [-0.3, -0.25) is 19.7 Å². The number of benzene rings is 3. The van der Waals surface area contributed by atoms with Crippen LogP contribution in [0.15, 0.2) is 72.8 Å². The summed E-state index contributed by atoms with van der Waals surface area (Å²) in [5.41, 5.74) is 2.51. The number of anilines is 2. The molecule has 3 aromatic carbocycles. The summed E-state index contributed by atoms with van der Waals surface area (Å²) in [4.78, 5) is 37.2. The fraction of sp³-hybridized carbons (Fsp3) is 0.120. The zero-order chi connectivity index (χ0) is 24.2. The van der Waals surface area contributed by atoms with Gasteiger partial charge in [-0.15, -0.1) is 0 Å². The summed E-state index contributed by atoms with van der Waals surface area (Å²) in [6, 6.07) is 18.2. The summed E-state index contributed by atoms with van der Waals surface area (Å²) >= 11 is 6.09. The van der Waals surface area contributed by atoms with Gasteiger partial charge in [0, 0.05) is 28.9 Å². The van der Waals surface area contributed by atoms with E-state index in [1.54, 1.807) is 60.4 Å². The van der Waals surface area contributed by atoms with Crippen molar-refractivity contribution in [2.45, 2.75) is 19.6 Å². The fourth-order valence-electron chi connectivity index (χ4n) is 3.53. The predicted octanol–water partition coefficient (Wildman–Crippen LogP) is 5.21. The smallest absolute Gasteiger partial charge is 0.269 e. The molecule has 9 heteroatoms. The minimum atomic E-state index is -0.642. The SMILES string of the molecule is CC1Oc2ccc(NC(=O)/C=C/c3ccc([N+](=O)[O-])cc3)cc2N(Cc2cccc(Cl)c2)C1=O. The van der Waals surface area contributed by atoms with Crippen molar-refractivity contribution in [2.24, 2.45) is 0 Å². The molecular weight excluding hydrogens is 458 g/mol. The van der Waals surface area contributed by atoms with Crippen LogP contribution in [-0.2, 0) is 16.1 Å². The Kier molecular flexibility index (Phi) is 6.60. The van der Waals surface area contributed by atoms with Crippen LogP contribution in [0, 0.1) is 10.1 Å². The summed E-state index contributed by atoms with van der Waals surface area (Å²) in [6.45, 7) is 1.99. The Bertz CT molecular complexity index is 1290. The topological polar surface area (TPSA) is 102 Å². The van der Waals surface area contributed by atoms with Crippen molar-refractivity contribution in [3.63, 3.8) is 0 Å². The summed E-state index contributed by atoms with van der Waals surface area (Å²) in [6.07, 6.45) is 2.24. The Morgan fingerprint density at radius 2 is 1.94 bits per heavy atom. The van der Waals surface area contributed by atoms with Crippen LogP contribution < -0.4 is 15.0 Å². The number of nitro benzene ring substituents is 1. The summed E-state index contributed by atoms with van der Waals surface area (Å²) in [5, 5.41) is 14.1. The van der Waals surface area contributed by atoms with Crippen molar-refractivity contribution in [1.82, 2.24) is 0 Å². The molecule has 0 spiro atoms. The van der Waals surface area contributed by atoms with Gasteiger partial charge in [0.2, 0.25) is 5.91 Å². The molecule has 3 aromatic rings. The normalized spacial score (nSPS) is 15.1. The molecule has 4 rings (SSSR count). The van der Waals surface area contributed by atoms with Crippen LogP contribution in [0.25, 0.3) is 6.08 Å². The van der Waals surface area contributed by atoms with E-state index in [1.807, 2.05) is 12.1 Å². The van der Waals surface area contributed by atoms with Crippen LogP contribution in [0.5, 0.6) is 5.75 Å². The average molecular weight is 478 g/mol. The van der Waals surface area contributed by atoms with Crippen molar-refractivity contribution in [1.29, 1.82) is 0 Å². The molecule has 1 unspecified atom stereocenters. The maximum Gasteiger partial charge on any atom is 0.269 e. The number of hydrogen-bond donors (Lipinski definition) is 1. The second-order valence-corrected chi connectivity index (χ2v) is 8.10. The Balaban J connectivity index is 1.52. The third kappa shape index (κ3) is 5.24. The number of carbonyl (C=O) groups excluding carboxylic acids is 2. The predicted molar refractivity (Wildman–Crippen MR) is 130 cm³/mol. The first-order valence-corrected chi connectivity index (χ1v) is 10.8. The molecule has 0 aliphatic carbocycles. The van der Waals surface area contributed by atoms with Crippen LogP contribution in [0.1, 0.15) is 18.1 Å². The van der Waals surface area contributed by atoms with E-state index in [9.17, 15) is 19.7 Å². The number of ether oxygens (including phenoxy) is 1. The lowest BCUT2D eigenvalue weighted by Gasteiger charge is -2.33. The van der Waals surface area contributed by atoms with E-state index in [-0.39, 0.29) is 11.6 Å². The molecule has 0 aromatic heterocycles. The molecule has 0 radical (unpaired) electrons. The molecule has 1 atom stereocenters.